The summed E-state index contributed by atoms with van der Waals surface area (Å²) in [6, 6.07) is 21.2. The summed E-state index contributed by atoms with van der Waals surface area (Å²) in [5, 5.41) is 0. The van der Waals surface area contributed by atoms with Crippen molar-refractivity contribution in [2.24, 2.45) is 5.73 Å². The zero-order valence-electron chi connectivity index (χ0n) is 14.1. The van der Waals surface area contributed by atoms with Gasteiger partial charge in [-0.25, -0.2) is 0 Å². The van der Waals surface area contributed by atoms with Crippen molar-refractivity contribution in [1.82, 2.24) is 9.88 Å². The molecule has 2 N–H and O–H groups in total. The molecule has 0 atom stereocenters. The normalized spacial score (nSPS) is 11.0. The Bertz CT molecular complexity index is 788. The van der Waals surface area contributed by atoms with Gasteiger partial charge in [-0.3, -0.25) is 9.88 Å². The Morgan fingerprint density at radius 3 is 2.00 bits per heavy atom. The van der Waals surface area contributed by atoms with Crippen LogP contribution in [0, 0.1) is 0 Å². The van der Waals surface area contributed by atoms with Crippen LogP contribution in [0.4, 0.5) is 0 Å². The molecule has 3 aromatic rings. The van der Waals surface area contributed by atoms with Crippen molar-refractivity contribution in [2.75, 3.05) is 0 Å². The molecule has 0 aliphatic carbocycles. The van der Waals surface area contributed by atoms with E-state index < -0.39 is 0 Å². The Kier molecular flexibility index (Phi) is 6.34. The molecule has 0 amide bonds. The third-order valence-electron chi connectivity index (χ3n) is 4.12. The minimum Gasteiger partial charge on any atom is -0.326 e. The van der Waals surface area contributed by atoms with Gasteiger partial charge in [0.05, 0.1) is 0 Å². The highest BCUT2D eigenvalue weighted by Crippen LogP contribution is 2.17. The first-order valence-corrected chi connectivity index (χ1v) is 9.16. The van der Waals surface area contributed by atoms with Crippen LogP contribution in [-0.2, 0) is 26.2 Å². The lowest BCUT2D eigenvalue weighted by molar-refractivity contribution is 0.247. The fourth-order valence-corrected chi connectivity index (χ4v) is 3.29. The SMILES string of the molecule is NCc1ccc(CN(Cc2ccncc2)Cc2cccc(Br)c2)cc1. The van der Waals surface area contributed by atoms with Crippen LogP contribution < -0.4 is 5.73 Å². The Labute approximate surface area is 157 Å². The van der Waals surface area contributed by atoms with Gasteiger partial charge < -0.3 is 5.73 Å². The molecule has 0 aliphatic rings. The smallest absolute Gasteiger partial charge is 0.0271 e. The molecule has 1 heterocycles. The molecule has 0 spiro atoms. The molecular formula is C21H22BrN3. The zero-order valence-corrected chi connectivity index (χ0v) is 15.7. The number of aromatic nitrogens is 1. The quantitative estimate of drug-likeness (QED) is 0.639. The first-order valence-electron chi connectivity index (χ1n) is 8.36. The first-order chi connectivity index (χ1) is 12.2. The standard InChI is InChI=1S/C21H22BrN3/c22-21-3-1-2-20(12-21)16-25(15-19-8-10-24-11-9-19)14-18-6-4-17(13-23)5-7-18/h1-12H,13-16,23H2. The number of pyridine rings is 1. The van der Waals surface area contributed by atoms with Gasteiger partial charge in [-0.15, -0.1) is 0 Å². The minimum atomic E-state index is 0.582. The summed E-state index contributed by atoms with van der Waals surface area (Å²) in [5.74, 6) is 0. The van der Waals surface area contributed by atoms with Gasteiger partial charge in [-0.1, -0.05) is 52.3 Å². The van der Waals surface area contributed by atoms with Crippen LogP contribution >= 0.6 is 15.9 Å². The maximum atomic E-state index is 5.70. The molecule has 0 unspecified atom stereocenters. The lowest BCUT2D eigenvalue weighted by atomic mass is 10.1. The highest BCUT2D eigenvalue weighted by Gasteiger charge is 2.09. The molecule has 0 radical (unpaired) electrons. The molecule has 3 nitrogen and oxygen atoms in total. The number of hydrogen-bond donors (Lipinski definition) is 1. The van der Waals surface area contributed by atoms with E-state index in [1.54, 1.807) is 0 Å². The van der Waals surface area contributed by atoms with Crippen molar-refractivity contribution in [2.45, 2.75) is 26.2 Å². The van der Waals surface area contributed by atoms with Crippen LogP contribution in [0.5, 0.6) is 0 Å². The van der Waals surface area contributed by atoms with Crippen molar-refractivity contribution >= 4 is 15.9 Å². The summed E-state index contributed by atoms with van der Waals surface area (Å²) in [7, 11) is 0. The highest BCUT2D eigenvalue weighted by atomic mass is 79.9. The van der Waals surface area contributed by atoms with E-state index >= 15 is 0 Å². The van der Waals surface area contributed by atoms with Gasteiger partial charge in [0, 0.05) is 43.0 Å². The van der Waals surface area contributed by atoms with Crippen LogP contribution in [0.15, 0.2) is 77.5 Å². The van der Waals surface area contributed by atoms with Crippen molar-refractivity contribution in [3.05, 3.63) is 99.8 Å². The van der Waals surface area contributed by atoms with E-state index in [1.165, 1.54) is 16.7 Å². The van der Waals surface area contributed by atoms with Crippen LogP contribution in [0.3, 0.4) is 0 Å². The minimum absolute atomic E-state index is 0.582. The van der Waals surface area contributed by atoms with Gasteiger partial charge in [-0.2, -0.15) is 0 Å². The third-order valence-corrected chi connectivity index (χ3v) is 4.61. The number of hydrogen-bond acceptors (Lipinski definition) is 3. The summed E-state index contributed by atoms with van der Waals surface area (Å²) in [6.45, 7) is 3.24. The van der Waals surface area contributed by atoms with E-state index in [2.05, 4.69) is 86.5 Å². The van der Waals surface area contributed by atoms with Crippen LogP contribution in [-0.4, -0.2) is 9.88 Å². The zero-order chi connectivity index (χ0) is 17.5. The van der Waals surface area contributed by atoms with E-state index in [9.17, 15) is 0 Å². The fourth-order valence-electron chi connectivity index (χ4n) is 2.85. The molecule has 3 rings (SSSR count). The Morgan fingerprint density at radius 1 is 0.760 bits per heavy atom. The second-order valence-corrected chi connectivity index (χ2v) is 7.07. The lowest BCUT2D eigenvalue weighted by Crippen LogP contribution is -2.22. The van der Waals surface area contributed by atoms with Gasteiger partial charge in [0.15, 0.2) is 0 Å². The predicted octanol–water partition coefficient (Wildman–Crippen LogP) is 4.51. The fraction of sp³-hybridized carbons (Fsp3) is 0.190. The first kappa shape index (κ1) is 17.8. The van der Waals surface area contributed by atoms with Crippen molar-refractivity contribution in [1.29, 1.82) is 0 Å². The van der Waals surface area contributed by atoms with Gasteiger partial charge in [0.25, 0.3) is 0 Å². The van der Waals surface area contributed by atoms with E-state index in [-0.39, 0.29) is 0 Å². The summed E-state index contributed by atoms with van der Waals surface area (Å²) in [6.07, 6.45) is 3.70. The van der Waals surface area contributed by atoms with Crippen LogP contribution in [0.1, 0.15) is 22.3 Å². The third kappa shape index (κ3) is 5.49. The maximum Gasteiger partial charge on any atom is 0.0271 e. The Morgan fingerprint density at radius 2 is 1.36 bits per heavy atom. The van der Waals surface area contributed by atoms with E-state index in [0.29, 0.717) is 6.54 Å². The number of benzene rings is 2. The second kappa shape index (κ2) is 8.90. The molecule has 0 bridgehead atoms. The number of halogens is 1. The molecule has 0 fully saturated rings. The predicted molar refractivity (Wildman–Crippen MR) is 106 cm³/mol. The van der Waals surface area contributed by atoms with E-state index in [0.717, 1.165) is 29.7 Å². The van der Waals surface area contributed by atoms with Gasteiger partial charge in [0.1, 0.15) is 0 Å². The molecule has 0 saturated carbocycles. The number of rotatable bonds is 7. The van der Waals surface area contributed by atoms with Crippen molar-refractivity contribution in [3.8, 4) is 0 Å². The largest absolute Gasteiger partial charge is 0.326 e. The van der Waals surface area contributed by atoms with Crippen LogP contribution in [0.25, 0.3) is 0 Å². The summed E-state index contributed by atoms with van der Waals surface area (Å²) in [4.78, 5) is 6.55. The van der Waals surface area contributed by atoms with E-state index in [4.69, 9.17) is 5.73 Å². The molecule has 0 aliphatic heterocycles. The average Bonchev–Trinajstić information content (AvgIpc) is 2.63. The lowest BCUT2D eigenvalue weighted by Gasteiger charge is -2.23. The van der Waals surface area contributed by atoms with E-state index in [1.807, 2.05) is 12.4 Å². The molecule has 25 heavy (non-hydrogen) atoms. The van der Waals surface area contributed by atoms with Crippen molar-refractivity contribution < 1.29 is 0 Å². The maximum absolute atomic E-state index is 5.70. The highest BCUT2D eigenvalue weighted by molar-refractivity contribution is 9.10. The number of nitrogens with zero attached hydrogens (tertiary/aromatic N) is 2. The van der Waals surface area contributed by atoms with Crippen molar-refractivity contribution in [3.63, 3.8) is 0 Å². The Hall–Kier alpha value is -2.01. The summed E-state index contributed by atoms with van der Waals surface area (Å²) < 4.78 is 1.11. The average molecular weight is 396 g/mol. The van der Waals surface area contributed by atoms with Gasteiger partial charge in [-0.05, 0) is 46.5 Å². The van der Waals surface area contributed by atoms with Gasteiger partial charge >= 0.3 is 0 Å². The summed E-state index contributed by atoms with van der Waals surface area (Å²) >= 11 is 3.56. The molecule has 2 aromatic carbocycles. The molecular weight excluding hydrogens is 374 g/mol. The van der Waals surface area contributed by atoms with Gasteiger partial charge in [0.2, 0.25) is 0 Å². The second-order valence-electron chi connectivity index (χ2n) is 6.15. The molecule has 4 heteroatoms. The monoisotopic (exact) mass is 395 g/mol. The molecule has 0 saturated heterocycles. The summed E-state index contributed by atoms with van der Waals surface area (Å²) in [5.41, 5.74) is 10.7. The number of nitrogens with two attached hydrogens (primary N) is 1. The topological polar surface area (TPSA) is 42.1 Å². The van der Waals surface area contributed by atoms with Crippen LogP contribution in [0.2, 0.25) is 0 Å². The molecule has 1 aromatic heterocycles. The Balaban J connectivity index is 1.77. The molecule has 128 valence electrons.